The van der Waals surface area contributed by atoms with Crippen LogP contribution in [-0.2, 0) is 0 Å². The van der Waals surface area contributed by atoms with Crippen molar-refractivity contribution in [2.75, 3.05) is 0 Å². The summed E-state index contributed by atoms with van der Waals surface area (Å²) in [4.78, 5) is 0. The van der Waals surface area contributed by atoms with Gasteiger partial charge in [0.2, 0.25) is 0 Å². The third-order valence-electron chi connectivity index (χ3n) is 4.75. The highest BCUT2D eigenvalue weighted by Crippen LogP contribution is 2.55. The molecule has 0 bridgehead atoms. The number of halogens is 1. The van der Waals surface area contributed by atoms with Crippen molar-refractivity contribution in [3.63, 3.8) is 0 Å². The fraction of sp³-hybridized carbons (Fsp3) is 1.00. The van der Waals surface area contributed by atoms with E-state index < -0.39 is 5.67 Å². The Morgan fingerprint density at radius 1 is 1.29 bits per heavy atom. The molecule has 0 saturated heterocycles. The average molecular weight is 242 g/mol. The molecule has 0 aromatic carbocycles. The predicted octanol–water partition coefficient (Wildman–Crippen LogP) is 5.76. The summed E-state index contributed by atoms with van der Waals surface area (Å²) in [6.07, 6.45) is 7.78. The minimum atomic E-state index is -0.913. The summed E-state index contributed by atoms with van der Waals surface area (Å²) >= 11 is 0. The van der Waals surface area contributed by atoms with E-state index in [1.807, 2.05) is 6.92 Å². The monoisotopic (exact) mass is 242 g/mol. The van der Waals surface area contributed by atoms with Crippen LogP contribution in [0.5, 0.6) is 0 Å². The first-order chi connectivity index (χ1) is 7.81. The highest BCUT2D eigenvalue weighted by molar-refractivity contribution is 5.00. The Kier molecular flexibility index (Phi) is 5.04. The second-order valence-corrected chi connectivity index (χ2v) is 7.09. The molecule has 0 nitrogen and oxygen atoms in total. The van der Waals surface area contributed by atoms with Crippen molar-refractivity contribution in [3.8, 4) is 0 Å². The molecular weight excluding hydrogens is 211 g/mol. The lowest BCUT2D eigenvalue weighted by molar-refractivity contribution is 0.131. The fourth-order valence-electron chi connectivity index (χ4n) is 3.73. The van der Waals surface area contributed by atoms with Crippen molar-refractivity contribution in [1.29, 1.82) is 0 Å². The van der Waals surface area contributed by atoms with Crippen LogP contribution in [0.2, 0.25) is 0 Å². The summed E-state index contributed by atoms with van der Waals surface area (Å²) in [5.74, 6) is 1.30. The molecule has 0 spiro atoms. The zero-order chi connectivity index (χ0) is 13.1. The van der Waals surface area contributed by atoms with Crippen LogP contribution in [-0.4, -0.2) is 5.67 Å². The largest absolute Gasteiger partial charge is 0.244 e. The van der Waals surface area contributed by atoms with Crippen LogP contribution in [0.3, 0.4) is 0 Å². The van der Waals surface area contributed by atoms with Gasteiger partial charge in [0.05, 0.1) is 0 Å². The summed E-state index contributed by atoms with van der Waals surface area (Å²) in [6.45, 7) is 10.9. The molecule has 1 aliphatic carbocycles. The van der Waals surface area contributed by atoms with E-state index in [4.69, 9.17) is 0 Å². The number of unbranched alkanes of at least 4 members (excludes halogenated alkanes) is 1. The molecule has 0 N–H and O–H groups in total. The molecule has 1 saturated carbocycles. The van der Waals surface area contributed by atoms with Gasteiger partial charge in [-0.05, 0) is 49.9 Å². The molecule has 1 rings (SSSR count). The maximum atomic E-state index is 14.3. The first-order valence-corrected chi connectivity index (χ1v) is 7.50. The van der Waals surface area contributed by atoms with Gasteiger partial charge in [0.1, 0.15) is 5.67 Å². The summed E-state index contributed by atoms with van der Waals surface area (Å²) in [5.41, 5.74) is -0.617. The lowest BCUT2D eigenvalue weighted by Gasteiger charge is -2.35. The molecule has 0 radical (unpaired) electrons. The minimum absolute atomic E-state index is 0.295. The van der Waals surface area contributed by atoms with Gasteiger partial charge in [-0.2, -0.15) is 0 Å². The molecule has 0 heterocycles. The zero-order valence-electron chi connectivity index (χ0n) is 12.5. The molecule has 3 unspecified atom stereocenters. The van der Waals surface area contributed by atoms with E-state index in [9.17, 15) is 4.39 Å². The van der Waals surface area contributed by atoms with Gasteiger partial charge < -0.3 is 0 Å². The molecule has 0 amide bonds. The Morgan fingerprint density at radius 2 is 1.94 bits per heavy atom. The Balaban J connectivity index is 2.71. The van der Waals surface area contributed by atoms with Crippen LogP contribution >= 0.6 is 0 Å². The van der Waals surface area contributed by atoms with Gasteiger partial charge in [0, 0.05) is 0 Å². The van der Waals surface area contributed by atoms with E-state index in [1.54, 1.807) is 0 Å². The third kappa shape index (κ3) is 3.96. The quantitative estimate of drug-likeness (QED) is 0.555. The van der Waals surface area contributed by atoms with Gasteiger partial charge in [0.15, 0.2) is 0 Å². The summed E-state index contributed by atoms with van der Waals surface area (Å²) in [5, 5.41) is 0. The molecule has 1 heteroatoms. The summed E-state index contributed by atoms with van der Waals surface area (Å²) in [6, 6.07) is 0. The second-order valence-electron chi connectivity index (χ2n) is 7.09. The van der Waals surface area contributed by atoms with Crippen molar-refractivity contribution in [3.05, 3.63) is 0 Å². The van der Waals surface area contributed by atoms with Gasteiger partial charge in [-0.3, -0.25) is 0 Å². The highest BCUT2D eigenvalue weighted by Gasteiger charge is 2.49. The molecule has 102 valence electrons. The minimum Gasteiger partial charge on any atom is -0.244 e. The van der Waals surface area contributed by atoms with Gasteiger partial charge in [-0.25, -0.2) is 4.39 Å². The Bertz CT molecular complexity index is 232. The lowest BCUT2D eigenvalue weighted by atomic mass is 9.70. The topological polar surface area (TPSA) is 0 Å². The van der Waals surface area contributed by atoms with Gasteiger partial charge in [-0.1, -0.05) is 47.0 Å². The Labute approximate surface area is 107 Å². The first-order valence-electron chi connectivity index (χ1n) is 7.50. The Morgan fingerprint density at radius 3 is 2.35 bits per heavy atom. The molecule has 1 aliphatic rings. The van der Waals surface area contributed by atoms with E-state index >= 15 is 0 Å². The van der Waals surface area contributed by atoms with Crippen molar-refractivity contribution < 1.29 is 4.39 Å². The SMILES string of the molecule is CCCCC1(CCC(C)C)CC(C)(F)CC1C. The van der Waals surface area contributed by atoms with Crippen molar-refractivity contribution in [2.45, 2.75) is 85.2 Å². The molecule has 0 aromatic heterocycles. The summed E-state index contributed by atoms with van der Waals surface area (Å²) in [7, 11) is 0. The van der Waals surface area contributed by atoms with Crippen LogP contribution in [0.15, 0.2) is 0 Å². The first kappa shape index (κ1) is 15.0. The van der Waals surface area contributed by atoms with Crippen LogP contribution in [0.1, 0.15) is 79.6 Å². The molecule has 1 fully saturated rings. The molecular formula is C16H31F. The standard InChI is InChI=1S/C16H31F/c1-6-7-9-16(10-8-13(2)3)12-15(5,17)11-14(16)4/h13-14H,6-12H2,1-5H3. The van der Waals surface area contributed by atoms with Crippen molar-refractivity contribution in [2.24, 2.45) is 17.3 Å². The van der Waals surface area contributed by atoms with Gasteiger partial charge in [-0.15, -0.1) is 0 Å². The molecule has 17 heavy (non-hydrogen) atoms. The maximum absolute atomic E-state index is 14.3. The lowest BCUT2D eigenvalue weighted by Crippen LogP contribution is -2.25. The van der Waals surface area contributed by atoms with Crippen LogP contribution in [0.4, 0.5) is 4.39 Å². The number of alkyl halides is 1. The normalized spacial score (nSPS) is 37.9. The summed E-state index contributed by atoms with van der Waals surface area (Å²) < 4.78 is 14.3. The van der Waals surface area contributed by atoms with Crippen LogP contribution < -0.4 is 0 Å². The van der Waals surface area contributed by atoms with E-state index in [2.05, 4.69) is 27.7 Å². The van der Waals surface area contributed by atoms with E-state index in [1.165, 1.54) is 32.1 Å². The molecule has 0 aliphatic heterocycles. The van der Waals surface area contributed by atoms with Crippen LogP contribution in [0, 0.1) is 17.3 Å². The predicted molar refractivity (Wildman–Crippen MR) is 73.9 cm³/mol. The van der Waals surface area contributed by atoms with Gasteiger partial charge in [0.25, 0.3) is 0 Å². The second kappa shape index (κ2) is 5.71. The number of hydrogen-bond acceptors (Lipinski definition) is 0. The van der Waals surface area contributed by atoms with Crippen molar-refractivity contribution in [1.82, 2.24) is 0 Å². The zero-order valence-corrected chi connectivity index (χ0v) is 12.5. The van der Waals surface area contributed by atoms with E-state index in [0.29, 0.717) is 11.3 Å². The average Bonchev–Trinajstić information content (AvgIpc) is 2.43. The number of hydrogen-bond donors (Lipinski definition) is 0. The van der Waals surface area contributed by atoms with Crippen LogP contribution in [0.25, 0.3) is 0 Å². The highest BCUT2D eigenvalue weighted by atomic mass is 19.1. The van der Waals surface area contributed by atoms with E-state index in [-0.39, 0.29) is 0 Å². The third-order valence-corrected chi connectivity index (χ3v) is 4.75. The van der Waals surface area contributed by atoms with E-state index in [0.717, 1.165) is 18.8 Å². The van der Waals surface area contributed by atoms with Crippen molar-refractivity contribution >= 4 is 0 Å². The smallest absolute Gasteiger partial charge is 0.109 e. The molecule has 0 aromatic rings. The molecule has 3 atom stereocenters. The fourth-order valence-corrected chi connectivity index (χ4v) is 3.73. The number of rotatable bonds is 6. The van der Waals surface area contributed by atoms with Gasteiger partial charge >= 0.3 is 0 Å². The Hall–Kier alpha value is -0.0700. The maximum Gasteiger partial charge on any atom is 0.109 e.